The summed E-state index contributed by atoms with van der Waals surface area (Å²) in [5.41, 5.74) is 12.5. The minimum absolute atomic E-state index is 0.117. The van der Waals surface area contributed by atoms with Gasteiger partial charge in [-0.25, -0.2) is 10.4 Å². The van der Waals surface area contributed by atoms with Gasteiger partial charge in [-0.15, -0.1) is 0 Å². The van der Waals surface area contributed by atoms with Gasteiger partial charge in [0, 0.05) is 72.7 Å². The first-order valence-electron chi connectivity index (χ1n) is 13.5. The van der Waals surface area contributed by atoms with Crippen LogP contribution >= 0.6 is 0 Å². The number of hydrazine groups is 1. The summed E-state index contributed by atoms with van der Waals surface area (Å²) >= 11 is 0. The number of carbonyl (C=O) groups excluding carboxylic acids is 1. The van der Waals surface area contributed by atoms with Crippen LogP contribution in [0.15, 0.2) is 36.8 Å². The maximum absolute atomic E-state index is 12.2. The molecule has 6 heterocycles. The monoisotopic (exact) mass is 486 g/mol. The molecule has 4 atom stereocenters. The molecule has 4 fully saturated rings. The molecule has 7 rings (SSSR count). The second-order valence-corrected chi connectivity index (χ2v) is 10.9. The number of piperidine rings is 2. The van der Waals surface area contributed by atoms with E-state index in [4.69, 9.17) is 0 Å². The number of nitrogens with zero attached hydrogens (tertiary/aromatic N) is 3. The van der Waals surface area contributed by atoms with E-state index in [-0.39, 0.29) is 23.9 Å². The van der Waals surface area contributed by atoms with Crippen LogP contribution in [-0.2, 0) is 4.79 Å². The second-order valence-electron chi connectivity index (χ2n) is 10.9. The molecule has 4 aliphatic rings. The zero-order chi connectivity index (χ0) is 24.1. The molecule has 1 aliphatic carbocycles. The first kappa shape index (κ1) is 22.2. The molecule has 3 aromatic rings. The van der Waals surface area contributed by atoms with Crippen molar-refractivity contribution in [3.63, 3.8) is 0 Å². The van der Waals surface area contributed by atoms with Crippen molar-refractivity contribution in [2.45, 2.75) is 56.7 Å². The molecule has 0 aromatic carbocycles. The van der Waals surface area contributed by atoms with Crippen molar-refractivity contribution in [2.24, 2.45) is 11.8 Å². The van der Waals surface area contributed by atoms with Crippen LogP contribution in [0.1, 0.15) is 61.9 Å². The topological polar surface area (TPSA) is 110 Å². The van der Waals surface area contributed by atoms with Crippen molar-refractivity contribution in [1.29, 1.82) is 0 Å². The first-order chi connectivity index (χ1) is 17.7. The number of carbonyl (C=O) groups is 1. The van der Waals surface area contributed by atoms with Gasteiger partial charge in [-0.2, -0.15) is 0 Å². The number of amides is 1. The number of rotatable bonds is 5. The number of fused-ring (bicyclic) bond motifs is 2. The third-order valence-corrected chi connectivity index (χ3v) is 8.40. The van der Waals surface area contributed by atoms with Crippen molar-refractivity contribution in [2.75, 3.05) is 29.9 Å². The highest BCUT2D eigenvalue weighted by Gasteiger charge is 2.42. The lowest BCUT2D eigenvalue weighted by molar-refractivity contribution is -0.117. The lowest BCUT2D eigenvalue weighted by Gasteiger charge is -2.34. The summed E-state index contributed by atoms with van der Waals surface area (Å²) in [6, 6.07) is 7.25. The van der Waals surface area contributed by atoms with E-state index in [2.05, 4.69) is 59.5 Å². The molecule has 1 amide bonds. The third kappa shape index (κ3) is 4.15. The van der Waals surface area contributed by atoms with Crippen LogP contribution in [0.4, 0.5) is 11.4 Å². The van der Waals surface area contributed by atoms with E-state index in [1.54, 1.807) is 6.20 Å². The van der Waals surface area contributed by atoms with Crippen LogP contribution in [0.5, 0.6) is 0 Å². The van der Waals surface area contributed by atoms with Gasteiger partial charge in [0.15, 0.2) is 0 Å². The zero-order valence-corrected chi connectivity index (χ0v) is 20.5. The molecule has 9 heteroatoms. The van der Waals surface area contributed by atoms with Crippen LogP contribution < -0.4 is 26.4 Å². The van der Waals surface area contributed by atoms with Crippen molar-refractivity contribution in [1.82, 2.24) is 31.1 Å². The minimum atomic E-state index is 0.117. The van der Waals surface area contributed by atoms with Gasteiger partial charge in [0.2, 0.25) is 5.91 Å². The standard InChI is InChI=1S/C27H34N8O/c36-27(16-4-5-16)31-18-10-17(13-28-14-18)21-11-19-23(15-30-21)33-34-25(19)22-12-20-24(6-7-29-26(20)32-22)35-8-2-1-3-9-35/h6-7,10,12-14,16,19,21,23,25,30,33-34H,1-5,8-9,11,15H2,(H,29,32)(H,31,36). The average molecular weight is 487 g/mol. The lowest BCUT2D eigenvalue weighted by atomic mass is 9.81. The average Bonchev–Trinajstić information content (AvgIpc) is 3.55. The van der Waals surface area contributed by atoms with Crippen LogP contribution in [0, 0.1) is 11.8 Å². The molecule has 4 unspecified atom stereocenters. The number of anilines is 2. The molecular formula is C27H34N8O. The van der Waals surface area contributed by atoms with Gasteiger partial charge in [0.1, 0.15) is 5.65 Å². The van der Waals surface area contributed by atoms with Gasteiger partial charge in [0.05, 0.1) is 17.9 Å². The number of hydrogen-bond donors (Lipinski definition) is 5. The van der Waals surface area contributed by atoms with Crippen LogP contribution in [0.3, 0.4) is 0 Å². The number of aromatic nitrogens is 3. The van der Waals surface area contributed by atoms with E-state index in [0.29, 0.717) is 12.0 Å². The molecule has 3 aromatic heterocycles. The Kier molecular flexibility index (Phi) is 5.64. The van der Waals surface area contributed by atoms with E-state index in [9.17, 15) is 4.79 Å². The minimum Gasteiger partial charge on any atom is -0.371 e. The molecule has 9 nitrogen and oxygen atoms in total. The number of hydrogen-bond acceptors (Lipinski definition) is 7. The molecule has 0 radical (unpaired) electrons. The van der Waals surface area contributed by atoms with Gasteiger partial charge in [-0.1, -0.05) is 0 Å². The fourth-order valence-electron chi connectivity index (χ4n) is 6.25. The maximum Gasteiger partial charge on any atom is 0.227 e. The van der Waals surface area contributed by atoms with E-state index in [0.717, 1.165) is 55.8 Å². The summed E-state index contributed by atoms with van der Waals surface area (Å²) in [6.45, 7) is 3.11. The molecular weight excluding hydrogens is 452 g/mol. The van der Waals surface area contributed by atoms with Crippen LogP contribution in [0.25, 0.3) is 11.0 Å². The summed E-state index contributed by atoms with van der Waals surface area (Å²) in [4.78, 5) is 27.5. The molecule has 3 saturated heterocycles. The third-order valence-electron chi connectivity index (χ3n) is 8.40. The van der Waals surface area contributed by atoms with Crippen LogP contribution in [0.2, 0.25) is 0 Å². The molecule has 5 N–H and O–H groups in total. The molecule has 1 saturated carbocycles. The molecule has 188 valence electrons. The number of aromatic amines is 1. The summed E-state index contributed by atoms with van der Waals surface area (Å²) in [5.74, 6) is 0.707. The molecule has 0 spiro atoms. The quantitative estimate of drug-likeness (QED) is 0.377. The highest BCUT2D eigenvalue weighted by atomic mass is 16.2. The van der Waals surface area contributed by atoms with Crippen molar-refractivity contribution in [3.05, 3.63) is 48.0 Å². The zero-order valence-electron chi connectivity index (χ0n) is 20.5. The van der Waals surface area contributed by atoms with E-state index in [1.807, 2.05) is 12.4 Å². The van der Waals surface area contributed by atoms with Gasteiger partial charge < -0.3 is 20.5 Å². The van der Waals surface area contributed by atoms with Crippen molar-refractivity contribution >= 4 is 28.3 Å². The second kappa shape index (κ2) is 9.14. The Hall–Kier alpha value is -3.01. The Morgan fingerprint density at radius 3 is 2.83 bits per heavy atom. The summed E-state index contributed by atoms with van der Waals surface area (Å²) in [7, 11) is 0. The lowest BCUT2D eigenvalue weighted by Crippen LogP contribution is -2.46. The van der Waals surface area contributed by atoms with Gasteiger partial charge in [-0.05, 0) is 62.3 Å². The fourth-order valence-corrected chi connectivity index (χ4v) is 6.25. The normalized spacial score (nSPS) is 28.3. The van der Waals surface area contributed by atoms with E-state index >= 15 is 0 Å². The van der Waals surface area contributed by atoms with E-state index in [1.165, 1.54) is 36.0 Å². The molecule has 0 bridgehead atoms. The highest BCUT2D eigenvalue weighted by molar-refractivity contribution is 5.94. The Balaban J connectivity index is 1.12. The number of nitrogens with one attached hydrogen (secondary N) is 5. The molecule has 36 heavy (non-hydrogen) atoms. The summed E-state index contributed by atoms with van der Waals surface area (Å²) < 4.78 is 0. The predicted molar refractivity (Wildman–Crippen MR) is 139 cm³/mol. The predicted octanol–water partition coefficient (Wildman–Crippen LogP) is 3.17. The smallest absolute Gasteiger partial charge is 0.227 e. The Labute approximate surface area is 210 Å². The van der Waals surface area contributed by atoms with Crippen molar-refractivity contribution < 1.29 is 4.79 Å². The SMILES string of the molecule is O=C(Nc1cncc(C2CC3C(CN2)NNC3c2cc3c(N4CCCCC4)ccnc3[nH]2)c1)C1CC1. The van der Waals surface area contributed by atoms with E-state index < -0.39 is 0 Å². The number of H-pyrrole nitrogens is 1. The Bertz CT molecular complexity index is 1260. The van der Waals surface area contributed by atoms with Crippen LogP contribution in [-0.4, -0.2) is 46.5 Å². The summed E-state index contributed by atoms with van der Waals surface area (Å²) in [6.07, 6.45) is 12.4. The Morgan fingerprint density at radius 1 is 1.08 bits per heavy atom. The summed E-state index contributed by atoms with van der Waals surface area (Å²) in [5, 5.41) is 7.95. The number of pyridine rings is 2. The van der Waals surface area contributed by atoms with Gasteiger partial charge in [0.25, 0.3) is 0 Å². The Morgan fingerprint density at radius 2 is 1.97 bits per heavy atom. The fraction of sp³-hybridized carbons (Fsp3) is 0.519. The molecule has 3 aliphatic heterocycles. The van der Waals surface area contributed by atoms with Crippen molar-refractivity contribution in [3.8, 4) is 0 Å². The first-order valence-corrected chi connectivity index (χ1v) is 13.5. The largest absolute Gasteiger partial charge is 0.371 e. The highest BCUT2D eigenvalue weighted by Crippen LogP contribution is 2.40. The van der Waals surface area contributed by atoms with Gasteiger partial charge in [-0.3, -0.25) is 15.2 Å². The maximum atomic E-state index is 12.2. The van der Waals surface area contributed by atoms with Gasteiger partial charge >= 0.3 is 0 Å².